The summed E-state index contributed by atoms with van der Waals surface area (Å²) < 4.78 is 13.4. The summed E-state index contributed by atoms with van der Waals surface area (Å²) in [5, 5.41) is 0. The number of amides is 1. The Morgan fingerprint density at radius 3 is 2.88 bits per heavy atom. The van der Waals surface area contributed by atoms with Crippen LogP contribution in [0.3, 0.4) is 0 Å². The molecule has 5 heteroatoms. The van der Waals surface area contributed by atoms with Gasteiger partial charge in [-0.3, -0.25) is 4.79 Å². The molecule has 0 spiro atoms. The van der Waals surface area contributed by atoms with Gasteiger partial charge in [-0.1, -0.05) is 18.3 Å². The third-order valence-corrected chi connectivity index (χ3v) is 3.06. The van der Waals surface area contributed by atoms with Crippen molar-refractivity contribution >= 4 is 23.1 Å². The summed E-state index contributed by atoms with van der Waals surface area (Å²) in [4.78, 5) is 13.3. The van der Waals surface area contributed by atoms with Crippen molar-refractivity contribution in [3.63, 3.8) is 0 Å². The molecule has 2 N–H and O–H groups in total. The minimum absolute atomic E-state index is 0.0390. The molecule has 1 amide bonds. The molecule has 0 unspecified atom stereocenters. The van der Waals surface area contributed by atoms with Gasteiger partial charge in [-0.15, -0.1) is 0 Å². The monoisotopic (exact) mass is 252 g/mol. The first-order valence-corrected chi connectivity index (χ1v) is 5.85. The van der Waals surface area contributed by atoms with Crippen molar-refractivity contribution in [3.8, 4) is 0 Å². The highest BCUT2D eigenvalue weighted by Crippen LogP contribution is 2.16. The van der Waals surface area contributed by atoms with Crippen molar-refractivity contribution < 1.29 is 9.18 Å². The number of benzene rings is 1. The number of likely N-dealkylation sites (tertiary alicyclic amines) is 1. The summed E-state index contributed by atoms with van der Waals surface area (Å²) in [6.07, 6.45) is 1.49. The Morgan fingerprint density at radius 2 is 2.29 bits per heavy atom. The smallest absolute Gasteiger partial charge is 0.222 e. The van der Waals surface area contributed by atoms with Crippen molar-refractivity contribution in [1.82, 2.24) is 4.90 Å². The summed E-state index contributed by atoms with van der Waals surface area (Å²) in [7, 11) is 0. The van der Waals surface area contributed by atoms with Crippen LogP contribution in [0.25, 0.3) is 0 Å². The number of carbonyl (C=O) groups is 1. The largest absolute Gasteiger partial charge is 0.389 e. The average molecular weight is 252 g/mol. The van der Waals surface area contributed by atoms with Crippen LogP contribution in [0.1, 0.15) is 24.0 Å². The van der Waals surface area contributed by atoms with E-state index in [0.29, 0.717) is 13.0 Å². The molecule has 1 aromatic rings. The van der Waals surface area contributed by atoms with Gasteiger partial charge in [-0.05, 0) is 24.1 Å². The number of hydrogen-bond donors (Lipinski definition) is 1. The standard InChI is InChI=1S/C12H13FN2OS/c13-10-4-3-8(6-9(10)12(14)17)7-15-5-1-2-11(15)16/h3-4,6H,1-2,5,7H2,(H2,14,17). The number of carbonyl (C=O) groups excluding carboxylic acids is 1. The Labute approximate surface area is 104 Å². The second-order valence-electron chi connectivity index (χ2n) is 4.10. The summed E-state index contributed by atoms with van der Waals surface area (Å²) in [5.74, 6) is -0.278. The van der Waals surface area contributed by atoms with Gasteiger partial charge in [0.05, 0.1) is 0 Å². The zero-order chi connectivity index (χ0) is 12.4. The summed E-state index contributed by atoms with van der Waals surface area (Å²) >= 11 is 4.77. The topological polar surface area (TPSA) is 46.3 Å². The van der Waals surface area contributed by atoms with Gasteiger partial charge in [0, 0.05) is 25.1 Å². The molecule has 0 aliphatic carbocycles. The van der Waals surface area contributed by atoms with Crippen molar-refractivity contribution in [2.75, 3.05) is 6.54 Å². The van der Waals surface area contributed by atoms with Gasteiger partial charge in [-0.2, -0.15) is 0 Å². The van der Waals surface area contributed by atoms with Crippen molar-refractivity contribution in [2.24, 2.45) is 5.73 Å². The third-order valence-electron chi connectivity index (χ3n) is 2.84. The van der Waals surface area contributed by atoms with Crippen molar-refractivity contribution in [3.05, 3.63) is 35.1 Å². The quantitative estimate of drug-likeness (QED) is 0.831. The Kier molecular flexibility index (Phi) is 3.38. The third kappa shape index (κ3) is 2.61. The normalized spacial score (nSPS) is 15.4. The van der Waals surface area contributed by atoms with E-state index in [0.717, 1.165) is 18.5 Å². The van der Waals surface area contributed by atoms with Gasteiger partial charge < -0.3 is 10.6 Å². The van der Waals surface area contributed by atoms with Crippen LogP contribution < -0.4 is 5.73 Å². The lowest BCUT2D eigenvalue weighted by atomic mass is 10.1. The molecule has 1 heterocycles. The predicted molar refractivity (Wildman–Crippen MR) is 66.9 cm³/mol. The maximum atomic E-state index is 13.4. The molecule has 1 fully saturated rings. The van der Waals surface area contributed by atoms with E-state index in [9.17, 15) is 9.18 Å². The molecule has 3 nitrogen and oxygen atoms in total. The first kappa shape index (κ1) is 12.0. The van der Waals surface area contributed by atoms with Crippen molar-refractivity contribution in [2.45, 2.75) is 19.4 Å². The molecule has 1 aliphatic heterocycles. The summed E-state index contributed by atoms with van der Waals surface area (Å²) in [5.41, 5.74) is 6.52. The maximum Gasteiger partial charge on any atom is 0.222 e. The number of halogens is 1. The van der Waals surface area contributed by atoms with E-state index in [1.54, 1.807) is 17.0 Å². The fourth-order valence-corrected chi connectivity index (χ4v) is 2.11. The molecule has 1 aromatic carbocycles. The molecule has 2 rings (SSSR count). The van der Waals surface area contributed by atoms with Crippen molar-refractivity contribution in [1.29, 1.82) is 0 Å². The zero-order valence-corrected chi connectivity index (χ0v) is 10.1. The van der Waals surface area contributed by atoms with Gasteiger partial charge in [0.15, 0.2) is 0 Å². The van der Waals surface area contributed by atoms with E-state index in [1.807, 2.05) is 0 Å². The van der Waals surface area contributed by atoms with Gasteiger partial charge in [0.2, 0.25) is 5.91 Å². The van der Waals surface area contributed by atoms with Crippen LogP contribution in [0.2, 0.25) is 0 Å². The molecule has 1 aliphatic rings. The molecule has 0 atom stereocenters. The highest BCUT2D eigenvalue weighted by atomic mass is 32.1. The Balaban J connectivity index is 2.19. The van der Waals surface area contributed by atoms with E-state index < -0.39 is 5.82 Å². The maximum absolute atomic E-state index is 13.4. The fraction of sp³-hybridized carbons (Fsp3) is 0.333. The second kappa shape index (κ2) is 4.79. The van der Waals surface area contributed by atoms with Gasteiger partial charge >= 0.3 is 0 Å². The molecule has 0 bridgehead atoms. The van der Waals surface area contributed by atoms with Crippen LogP contribution in [0.4, 0.5) is 4.39 Å². The Bertz CT molecular complexity index is 476. The molecule has 0 aromatic heterocycles. The minimum Gasteiger partial charge on any atom is -0.389 e. The van der Waals surface area contributed by atoms with Crippen LogP contribution in [0.5, 0.6) is 0 Å². The van der Waals surface area contributed by atoms with Crippen LogP contribution in [0.15, 0.2) is 18.2 Å². The van der Waals surface area contributed by atoms with Crippen LogP contribution in [0, 0.1) is 5.82 Å². The minimum atomic E-state index is -0.422. The fourth-order valence-electron chi connectivity index (χ4n) is 1.95. The molecule has 0 saturated carbocycles. The molecular weight excluding hydrogens is 239 g/mol. The number of thiocarbonyl (C=S) groups is 1. The lowest BCUT2D eigenvalue weighted by Crippen LogP contribution is -2.24. The Morgan fingerprint density at radius 1 is 1.53 bits per heavy atom. The van der Waals surface area contributed by atoms with Crippen LogP contribution >= 0.6 is 12.2 Å². The number of rotatable bonds is 3. The highest BCUT2D eigenvalue weighted by Gasteiger charge is 2.20. The van der Waals surface area contributed by atoms with E-state index >= 15 is 0 Å². The predicted octanol–water partition coefficient (Wildman–Crippen LogP) is 1.58. The molecule has 17 heavy (non-hydrogen) atoms. The van der Waals surface area contributed by atoms with E-state index in [4.69, 9.17) is 18.0 Å². The number of nitrogens with zero attached hydrogens (tertiary/aromatic N) is 1. The highest BCUT2D eigenvalue weighted by molar-refractivity contribution is 7.80. The van der Waals surface area contributed by atoms with E-state index in [2.05, 4.69) is 0 Å². The molecular formula is C12H13FN2OS. The lowest BCUT2D eigenvalue weighted by molar-refractivity contribution is -0.128. The first-order chi connectivity index (χ1) is 8.08. The second-order valence-corrected chi connectivity index (χ2v) is 4.54. The number of hydrogen-bond acceptors (Lipinski definition) is 2. The van der Waals surface area contributed by atoms with Gasteiger partial charge in [-0.25, -0.2) is 4.39 Å². The van der Waals surface area contributed by atoms with Gasteiger partial charge in [0.25, 0.3) is 0 Å². The average Bonchev–Trinajstić information content (AvgIpc) is 2.67. The summed E-state index contributed by atoms with van der Waals surface area (Å²) in [6.45, 7) is 1.26. The van der Waals surface area contributed by atoms with E-state index in [-0.39, 0.29) is 16.5 Å². The SMILES string of the molecule is NC(=S)c1cc(CN2CCCC2=O)ccc1F. The lowest BCUT2D eigenvalue weighted by Gasteiger charge is -2.16. The zero-order valence-electron chi connectivity index (χ0n) is 9.28. The number of nitrogens with two attached hydrogens (primary N) is 1. The molecule has 0 radical (unpaired) electrons. The molecule has 1 saturated heterocycles. The first-order valence-electron chi connectivity index (χ1n) is 5.44. The van der Waals surface area contributed by atoms with Crippen LogP contribution in [-0.2, 0) is 11.3 Å². The van der Waals surface area contributed by atoms with E-state index in [1.165, 1.54) is 6.07 Å². The van der Waals surface area contributed by atoms with Gasteiger partial charge in [0.1, 0.15) is 10.8 Å². The Hall–Kier alpha value is -1.49. The summed E-state index contributed by atoms with van der Waals surface area (Å²) in [6, 6.07) is 4.61. The molecule has 90 valence electrons. The van der Waals surface area contributed by atoms with Crippen LogP contribution in [-0.4, -0.2) is 22.3 Å².